The summed E-state index contributed by atoms with van der Waals surface area (Å²) in [4.78, 5) is 5.10. The molecule has 2 radical (unpaired) electrons. The fourth-order valence-corrected chi connectivity index (χ4v) is 2.00. The van der Waals surface area contributed by atoms with Gasteiger partial charge in [0.15, 0.2) is 0 Å². The van der Waals surface area contributed by atoms with Gasteiger partial charge in [-0.05, 0) is 0 Å². The molecule has 90 valence electrons. The fourth-order valence-electron chi connectivity index (χ4n) is 2.00. The van der Waals surface area contributed by atoms with Crippen LogP contribution in [0.3, 0.4) is 0 Å². The third kappa shape index (κ3) is 9.11. The molecule has 1 aliphatic heterocycles. The number of nitrogens with zero attached hydrogens (tertiary/aromatic N) is 2. The first kappa shape index (κ1) is 20.4. The van der Waals surface area contributed by atoms with Gasteiger partial charge in [-0.1, -0.05) is 0 Å². The average molecular weight is 374 g/mol. The molecule has 0 aliphatic carbocycles. The topological polar surface area (TPSA) is 6.48 Å². The van der Waals surface area contributed by atoms with Gasteiger partial charge in [-0.15, -0.1) is 13.1 Å². The van der Waals surface area contributed by atoms with Crippen LogP contribution in [0.25, 0.3) is 0 Å². The van der Waals surface area contributed by atoms with Gasteiger partial charge < -0.3 is 21.6 Å². The van der Waals surface area contributed by atoms with Crippen molar-refractivity contribution in [3.05, 3.63) is 11.8 Å². The monoisotopic (exact) mass is 374 g/mol. The smallest absolute Gasteiger partial charge is 0.00804 e. The van der Waals surface area contributed by atoms with Crippen molar-refractivity contribution in [3.8, 4) is 0 Å². The van der Waals surface area contributed by atoms with Crippen LogP contribution in [-0.4, -0.2) is 49.1 Å². The van der Waals surface area contributed by atoms with Gasteiger partial charge in [0.25, 0.3) is 0 Å². The molecule has 0 saturated carbocycles. The van der Waals surface area contributed by atoms with Crippen molar-refractivity contribution in [2.75, 3.05) is 39.3 Å². The van der Waals surface area contributed by atoms with Crippen molar-refractivity contribution in [3.63, 3.8) is 0 Å². The normalized spacial score (nSPS) is 18.4. The molecular formula is C12H24N2Y2-2. The van der Waals surface area contributed by atoms with Crippen LogP contribution >= 0.6 is 0 Å². The average Bonchev–Trinajstić information content (AvgIpc) is 2.06. The van der Waals surface area contributed by atoms with Gasteiger partial charge in [-0.3, -0.25) is 0 Å². The summed E-state index contributed by atoms with van der Waals surface area (Å²) in [7, 11) is 0. The van der Waals surface area contributed by atoms with Crippen molar-refractivity contribution in [2.24, 2.45) is 0 Å². The Morgan fingerprint density at radius 1 is 0.688 bits per heavy atom. The standard InChI is InChI=1S/C12H24N2.2Y/c1-11(2)9-13-5-7-14(8-6-13)10-12(3)4;;/h5-10H2,1-4H3;;/q-2;;. The van der Waals surface area contributed by atoms with Crippen LogP contribution in [0.1, 0.15) is 27.7 Å². The van der Waals surface area contributed by atoms with E-state index in [1.807, 2.05) is 0 Å². The molecular weight excluding hydrogens is 350 g/mol. The zero-order valence-corrected chi connectivity index (χ0v) is 17.0. The first-order valence-corrected chi connectivity index (χ1v) is 5.60. The molecule has 1 aliphatic rings. The summed E-state index contributed by atoms with van der Waals surface area (Å²) >= 11 is 0. The quantitative estimate of drug-likeness (QED) is 0.693. The van der Waals surface area contributed by atoms with Crippen molar-refractivity contribution in [1.29, 1.82) is 0 Å². The molecule has 0 unspecified atom stereocenters. The summed E-state index contributed by atoms with van der Waals surface area (Å²) in [6, 6.07) is 0. The van der Waals surface area contributed by atoms with Crippen LogP contribution < -0.4 is 0 Å². The van der Waals surface area contributed by atoms with E-state index in [2.05, 4.69) is 37.5 Å². The predicted octanol–water partition coefficient (Wildman–Crippen LogP) is 1.83. The molecule has 2 nitrogen and oxygen atoms in total. The van der Waals surface area contributed by atoms with Gasteiger partial charge in [0.2, 0.25) is 0 Å². The van der Waals surface area contributed by atoms with Crippen LogP contribution in [0.5, 0.6) is 0 Å². The van der Waals surface area contributed by atoms with E-state index in [-0.39, 0.29) is 65.4 Å². The van der Waals surface area contributed by atoms with E-state index >= 15 is 0 Å². The van der Waals surface area contributed by atoms with E-state index in [4.69, 9.17) is 0 Å². The SMILES string of the molecule is C[C-](C)CN1CCN(C[C-](C)C)CC1.[Y].[Y]. The minimum atomic E-state index is 0. The Bertz CT molecular complexity index is 137. The molecule has 1 fully saturated rings. The predicted molar refractivity (Wildman–Crippen MR) is 62.1 cm³/mol. The zero-order valence-electron chi connectivity index (χ0n) is 11.3. The van der Waals surface area contributed by atoms with Crippen molar-refractivity contribution < 1.29 is 65.4 Å². The first-order valence-electron chi connectivity index (χ1n) is 5.60. The molecule has 0 aromatic heterocycles. The summed E-state index contributed by atoms with van der Waals surface area (Å²) in [6.07, 6.45) is 0. The number of hydrogen-bond donors (Lipinski definition) is 0. The maximum atomic E-state index is 2.55. The van der Waals surface area contributed by atoms with Gasteiger partial charge in [-0.2, -0.15) is 27.7 Å². The molecule has 0 spiro atoms. The summed E-state index contributed by atoms with van der Waals surface area (Å²) < 4.78 is 0. The Hall–Kier alpha value is 2.13. The van der Waals surface area contributed by atoms with Crippen LogP contribution in [-0.2, 0) is 65.4 Å². The van der Waals surface area contributed by atoms with Gasteiger partial charge >= 0.3 is 0 Å². The Labute approximate surface area is 152 Å². The maximum Gasteiger partial charge on any atom is 0.00804 e. The molecule has 1 saturated heterocycles. The third-order valence-corrected chi connectivity index (χ3v) is 2.54. The van der Waals surface area contributed by atoms with E-state index < -0.39 is 0 Å². The second-order valence-corrected chi connectivity index (χ2v) is 4.97. The van der Waals surface area contributed by atoms with Crippen LogP contribution in [0, 0.1) is 11.8 Å². The van der Waals surface area contributed by atoms with Crippen LogP contribution in [0.15, 0.2) is 0 Å². The van der Waals surface area contributed by atoms with Crippen molar-refractivity contribution >= 4 is 0 Å². The Morgan fingerprint density at radius 2 is 0.938 bits per heavy atom. The van der Waals surface area contributed by atoms with Crippen molar-refractivity contribution in [2.45, 2.75) is 27.7 Å². The number of rotatable bonds is 4. The molecule has 0 aromatic carbocycles. The van der Waals surface area contributed by atoms with E-state index in [0.29, 0.717) is 0 Å². The molecule has 0 atom stereocenters. The van der Waals surface area contributed by atoms with Gasteiger partial charge in [0.1, 0.15) is 0 Å². The van der Waals surface area contributed by atoms with E-state index in [1.54, 1.807) is 0 Å². The molecule has 0 N–H and O–H groups in total. The van der Waals surface area contributed by atoms with Gasteiger partial charge in [-0.25, -0.2) is 0 Å². The van der Waals surface area contributed by atoms with E-state index in [9.17, 15) is 0 Å². The van der Waals surface area contributed by atoms with E-state index in [1.165, 1.54) is 51.1 Å². The molecule has 1 heterocycles. The van der Waals surface area contributed by atoms with Crippen molar-refractivity contribution in [1.82, 2.24) is 9.80 Å². The fraction of sp³-hybridized carbons (Fsp3) is 0.833. The molecule has 4 heteroatoms. The van der Waals surface area contributed by atoms with Gasteiger partial charge in [0.05, 0.1) is 0 Å². The molecule has 0 aromatic rings. The third-order valence-electron chi connectivity index (χ3n) is 2.54. The zero-order chi connectivity index (χ0) is 10.6. The molecule has 0 bridgehead atoms. The Morgan fingerprint density at radius 3 is 1.12 bits per heavy atom. The van der Waals surface area contributed by atoms with Crippen LogP contribution in [0.2, 0.25) is 0 Å². The second-order valence-electron chi connectivity index (χ2n) is 4.97. The minimum Gasteiger partial charge on any atom is -0.330 e. The second kappa shape index (κ2) is 11.0. The molecule has 0 amide bonds. The van der Waals surface area contributed by atoms with Crippen LogP contribution in [0.4, 0.5) is 0 Å². The molecule has 1 rings (SSSR count). The van der Waals surface area contributed by atoms with Gasteiger partial charge in [0, 0.05) is 91.6 Å². The summed E-state index contributed by atoms with van der Waals surface area (Å²) in [6.45, 7) is 16.2. The summed E-state index contributed by atoms with van der Waals surface area (Å²) in [5, 5.41) is 0. The maximum absolute atomic E-state index is 2.55. The Balaban J connectivity index is 0. The molecule has 16 heavy (non-hydrogen) atoms. The minimum absolute atomic E-state index is 0. The first-order chi connectivity index (χ1) is 6.58. The summed E-state index contributed by atoms with van der Waals surface area (Å²) in [5.74, 6) is 3.05. The summed E-state index contributed by atoms with van der Waals surface area (Å²) in [5.41, 5.74) is 0. The van der Waals surface area contributed by atoms with E-state index in [0.717, 1.165) is 0 Å². The largest absolute Gasteiger partial charge is 0.330 e. The number of hydrogen-bond acceptors (Lipinski definition) is 2. The number of piperazine rings is 1. The Kier molecular flexibility index (Phi) is 14.1.